The van der Waals surface area contributed by atoms with Crippen molar-refractivity contribution in [3.63, 3.8) is 0 Å². The van der Waals surface area contributed by atoms with Crippen LogP contribution in [0.1, 0.15) is 32.1 Å². The minimum atomic E-state index is -1.05. The maximum absolute atomic E-state index is 11.7. The minimum Gasteiger partial charge on any atom is -0.478 e. The van der Waals surface area contributed by atoms with Crippen molar-refractivity contribution in [3.05, 3.63) is 42.5 Å². The number of carbonyl (C=O) groups is 1. The first kappa shape index (κ1) is 13.0. The Morgan fingerprint density at radius 3 is 2.45 bits per heavy atom. The van der Waals surface area contributed by atoms with E-state index in [1.165, 1.54) is 0 Å². The average molecular weight is 270 g/mol. The van der Waals surface area contributed by atoms with Crippen LogP contribution >= 0.6 is 0 Å². The standard InChI is InChI=1S/C17H18O3/c18-16(19)17(11-4-1-5-12-17)20-15-10-6-8-13-7-2-3-9-14(13)15/h2-3,6-10H,1,4-5,11-12H2,(H,18,19). The number of hydrogen-bond acceptors (Lipinski definition) is 2. The lowest BCUT2D eigenvalue weighted by Crippen LogP contribution is -2.46. The number of carboxylic acids is 1. The molecule has 0 heterocycles. The highest BCUT2D eigenvalue weighted by molar-refractivity contribution is 5.89. The molecule has 1 aliphatic rings. The fourth-order valence-corrected chi connectivity index (χ4v) is 2.98. The van der Waals surface area contributed by atoms with E-state index in [9.17, 15) is 9.90 Å². The Morgan fingerprint density at radius 2 is 1.70 bits per heavy atom. The van der Waals surface area contributed by atoms with Gasteiger partial charge in [-0.15, -0.1) is 0 Å². The topological polar surface area (TPSA) is 46.5 Å². The van der Waals surface area contributed by atoms with Crippen molar-refractivity contribution >= 4 is 16.7 Å². The molecule has 0 radical (unpaired) electrons. The van der Waals surface area contributed by atoms with E-state index in [4.69, 9.17) is 4.74 Å². The first-order valence-electron chi connectivity index (χ1n) is 7.11. The van der Waals surface area contributed by atoms with Crippen molar-refractivity contribution < 1.29 is 14.6 Å². The molecule has 3 heteroatoms. The Bertz CT molecular complexity index is 622. The maximum Gasteiger partial charge on any atom is 0.348 e. The fraction of sp³-hybridized carbons (Fsp3) is 0.353. The van der Waals surface area contributed by atoms with Crippen molar-refractivity contribution in [2.24, 2.45) is 0 Å². The largest absolute Gasteiger partial charge is 0.478 e. The van der Waals surface area contributed by atoms with Crippen LogP contribution in [0.3, 0.4) is 0 Å². The third-order valence-electron chi connectivity index (χ3n) is 4.11. The summed E-state index contributed by atoms with van der Waals surface area (Å²) in [5.41, 5.74) is -1.05. The molecule has 104 valence electrons. The molecule has 0 saturated heterocycles. The second-order valence-electron chi connectivity index (χ2n) is 5.44. The van der Waals surface area contributed by atoms with Gasteiger partial charge in [0.25, 0.3) is 0 Å². The number of rotatable bonds is 3. The van der Waals surface area contributed by atoms with Gasteiger partial charge in [0.05, 0.1) is 0 Å². The lowest BCUT2D eigenvalue weighted by molar-refractivity contribution is -0.158. The van der Waals surface area contributed by atoms with Gasteiger partial charge in [-0.1, -0.05) is 42.8 Å². The number of fused-ring (bicyclic) bond motifs is 1. The highest BCUT2D eigenvalue weighted by atomic mass is 16.5. The van der Waals surface area contributed by atoms with Gasteiger partial charge in [0, 0.05) is 5.39 Å². The van der Waals surface area contributed by atoms with Gasteiger partial charge in [-0.25, -0.2) is 4.79 Å². The van der Waals surface area contributed by atoms with Gasteiger partial charge in [0.2, 0.25) is 5.60 Å². The lowest BCUT2D eigenvalue weighted by atomic mass is 9.84. The summed E-state index contributed by atoms with van der Waals surface area (Å²) < 4.78 is 6.02. The van der Waals surface area contributed by atoms with Crippen molar-refractivity contribution in [1.82, 2.24) is 0 Å². The van der Waals surface area contributed by atoms with Crippen LogP contribution in [0.4, 0.5) is 0 Å². The van der Waals surface area contributed by atoms with Crippen LogP contribution < -0.4 is 4.74 Å². The monoisotopic (exact) mass is 270 g/mol. The summed E-state index contributed by atoms with van der Waals surface area (Å²) in [6, 6.07) is 13.7. The van der Waals surface area contributed by atoms with Crippen LogP contribution in [0.5, 0.6) is 5.75 Å². The number of ether oxygens (including phenoxy) is 1. The van der Waals surface area contributed by atoms with E-state index < -0.39 is 11.6 Å². The Hall–Kier alpha value is -2.03. The molecular weight excluding hydrogens is 252 g/mol. The molecule has 20 heavy (non-hydrogen) atoms. The molecule has 0 bridgehead atoms. The molecule has 1 fully saturated rings. The molecule has 1 aliphatic carbocycles. The van der Waals surface area contributed by atoms with Crippen molar-refractivity contribution in [2.75, 3.05) is 0 Å². The smallest absolute Gasteiger partial charge is 0.348 e. The van der Waals surface area contributed by atoms with Gasteiger partial charge in [-0.3, -0.25) is 0 Å². The number of carboxylic acid groups (broad SMARTS) is 1. The third-order valence-corrected chi connectivity index (χ3v) is 4.11. The average Bonchev–Trinajstić information content (AvgIpc) is 2.48. The molecule has 0 aliphatic heterocycles. The molecule has 1 N–H and O–H groups in total. The van der Waals surface area contributed by atoms with Crippen LogP contribution in [0.25, 0.3) is 10.8 Å². The van der Waals surface area contributed by atoms with Gasteiger partial charge >= 0.3 is 5.97 Å². The predicted octanol–water partition coefficient (Wildman–Crippen LogP) is 4.01. The second kappa shape index (κ2) is 5.16. The molecule has 0 aromatic heterocycles. The molecule has 3 nitrogen and oxygen atoms in total. The highest BCUT2D eigenvalue weighted by Crippen LogP contribution is 2.36. The summed E-state index contributed by atoms with van der Waals surface area (Å²) in [5, 5.41) is 11.6. The van der Waals surface area contributed by atoms with Crippen LogP contribution in [0.2, 0.25) is 0 Å². The molecule has 2 aromatic carbocycles. The normalized spacial score (nSPS) is 17.8. The van der Waals surface area contributed by atoms with Gasteiger partial charge in [0.15, 0.2) is 0 Å². The molecule has 0 unspecified atom stereocenters. The van der Waals surface area contributed by atoms with E-state index in [-0.39, 0.29) is 0 Å². The molecule has 1 saturated carbocycles. The zero-order chi connectivity index (χ0) is 14.0. The first-order chi connectivity index (χ1) is 9.71. The van der Waals surface area contributed by atoms with Crippen molar-refractivity contribution in [2.45, 2.75) is 37.7 Å². The van der Waals surface area contributed by atoms with E-state index >= 15 is 0 Å². The first-order valence-corrected chi connectivity index (χ1v) is 7.11. The number of benzene rings is 2. The zero-order valence-electron chi connectivity index (χ0n) is 11.3. The summed E-state index contributed by atoms with van der Waals surface area (Å²) in [7, 11) is 0. The minimum absolute atomic E-state index is 0.589. The Labute approximate surface area is 118 Å². The van der Waals surface area contributed by atoms with E-state index in [2.05, 4.69) is 0 Å². The van der Waals surface area contributed by atoms with Crippen LogP contribution in [0.15, 0.2) is 42.5 Å². The molecule has 3 rings (SSSR count). The van der Waals surface area contributed by atoms with Crippen molar-refractivity contribution in [3.8, 4) is 5.75 Å². The summed E-state index contributed by atoms with van der Waals surface area (Å²) in [5.74, 6) is -0.169. The van der Waals surface area contributed by atoms with Gasteiger partial charge in [0.1, 0.15) is 5.75 Å². The van der Waals surface area contributed by atoms with Gasteiger partial charge in [-0.05, 0) is 37.1 Å². The van der Waals surface area contributed by atoms with E-state index in [1.54, 1.807) is 0 Å². The third kappa shape index (κ3) is 2.24. The van der Waals surface area contributed by atoms with E-state index in [0.717, 1.165) is 30.0 Å². The Morgan fingerprint density at radius 1 is 1.00 bits per heavy atom. The fourth-order valence-electron chi connectivity index (χ4n) is 2.98. The van der Waals surface area contributed by atoms with Crippen molar-refractivity contribution in [1.29, 1.82) is 0 Å². The van der Waals surface area contributed by atoms with E-state index in [0.29, 0.717) is 18.6 Å². The predicted molar refractivity (Wildman–Crippen MR) is 78.0 cm³/mol. The second-order valence-corrected chi connectivity index (χ2v) is 5.44. The molecular formula is C17H18O3. The highest BCUT2D eigenvalue weighted by Gasteiger charge is 2.42. The maximum atomic E-state index is 11.7. The summed E-state index contributed by atoms with van der Waals surface area (Å²) in [6.07, 6.45) is 4.10. The summed E-state index contributed by atoms with van der Waals surface area (Å²) in [6.45, 7) is 0. The zero-order valence-corrected chi connectivity index (χ0v) is 11.3. The number of aliphatic carboxylic acids is 1. The summed E-state index contributed by atoms with van der Waals surface area (Å²) >= 11 is 0. The molecule has 0 atom stereocenters. The Kier molecular flexibility index (Phi) is 3.35. The quantitative estimate of drug-likeness (QED) is 0.916. The van der Waals surface area contributed by atoms with Crippen LogP contribution in [-0.4, -0.2) is 16.7 Å². The Balaban J connectivity index is 2.00. The molecule has 0 amide bonds. The van der Waals surface area contributed by atoms with Crippen LogP contribution in [0, 0.1) is 0 Å². The summed E-state index contributed by atoms with van der Waals surface area (Å²) in [4.78, 5) is 11.7. The van der Waals surface area contributed by atoms with E-state index in [1.807, 2.05) is 42.5 Å². The molecule has 0 spiro atoms. The lowest BCUT2D eigenvalue weighted by Gasteiger charge is -2.34. The van der Waals surface area contributed by atoms with Gasteiger partial charge < -0.3 is 9.84 Å². The SMILES string of the molecule is O=C(O)C1(Oc2cccc3ccccc23)CCCCC1. The van der Waals surface area contributed by atoms with Crippen LogP contribution in [-0.2, 0) is 4.79 Å². The van der Waals surface area contributed by atoms with Gasteiger partial charge in [-0.2, -0.15) is 0 Å². The molecule has 2 aromatic rings. The number of hydrogen-bond donors (Lipinski definition) is 1.